The summed E-state index contributed by atoms with van der Waals surface area (Å²) in [6.07, 6.45) is 0. The largest absolute Gasteiger partial charge is 0.315 e. The van der Waals surface area contributed by atoms with Crippen LogP contribution in [-0.2, 0) is 6.54 Å². The van der Waals surface area contributed by atoms with Crippen molar-refractivity contribution in [3.63, 3.8) is 0 Å². The summed E-state index contributed by atoms with van der Waals surface area (Å²) in [5.41, 5.74) is 0. The highest BCUT2D eigenvalue weighted by Gasteiger charge is 2.04. The molecule has 0 aliphatic carbocycles. The van der Waals surface area contributed by atoms with Crippen molar-refractivity contribution in [1.29, 1.82) is 0 Å². The Kier molecular flexibility index (Phi) is 4.35. The molecule has 0 aliphatic heterocycles. The summed E-state index contributed by atoms with van der Waals surface area (Å²) in [6, 6.07) is 5.04. The molecule has 1 atom stereocenters. The van der Waals surface area contributed by atoms with Crippen LogP contribution in [0.3, 0.4) is 0 Å². The van der Waals surface area contributed by atoms with E-state index in [9.17, 15) is 0 Å². The zero-order chi connectivity index (χ0) is 11.4. The van der Waals surface area contributed by atoms with Crippen molar-refractivity contribution in [1.82, 2.24) is 10.6 Å². The number of likely N-dealkylation sites (N-methyl/N-ethyl adjacent to an activating group) is 1. The lowest BCUT2D eigenvalue weighted by Gasteiger charge is -2.12. The average molecular weight is 254 g/mol. The van der Waals surface area contributed by atoms with Gasteiger partial charge in [0.25, 0.3) is 0 Å². The van der Waals surface area contributed by atoms with E-state index in [1.807, 2.05) is 22.7 Å². The lowest BCUT2D eigenvalue weighted by Crippen LogP contribution is -2.35. The summed E-state index contributed by atoms with van der Waals surface area (Å²) >= 11 is 3.72. The van der Waals surface area contributed by atoms with Crippen molar-refractivity contribution in [3.8, 4) is 0 Å². The molecule has 0 saturated heterocycles. The molecule has 2 aromatic rings. The highest BCUT2D eigenvalue weighted by atomic mass is 32.1. The van der Waals surface area contributed by atoms with Gasteiger partial charge in [0.2, 0.25) is 0 Å². The minimum absolute atomic E-state index is 0.528. The van der Waals surface area contributed by atoms with E-state index in [0.717, 1.165) is 19.6 Å². The molecule has 2 N–H and O–H groups in total. The normalized spacial score (nSPS) is 13.4. The van der Waals surface area contributed by atoms with Gasteiger partial charge in [0.15, 0.2) is 0 Å². The van der Waals surface area contributed by atoms with E-state index < -0.39 is 0 Å². The SMILES string of the molecule is CCNCC(C)NCc1cc2sccc2s1. The van der Waals surface area contributed by atoms with Gasteiger partial charge in [0, 0.05) is 33.4 Å². The van der Waals surface area contributed by atoms with Crippen LogP contribution in [0.1, 0.15) is 18.7 Å². The van der Waals surface area contributed by atoms with Gasteiger partial charge in [0.1, 0.15) is 0 Å². The molecule has 0 bridgehead atoms. The van der Waals surface area contributed by atoms with Gasteiger partial charge in [-0.1, -0.05) is 6.92 Å². The van der Waals surface area contributed by atoms with Crippen LogP contribution in [0.15, 0.2) is 17.5 Å². The number of fused-ring (bicyclic) bond motifs is 1. The second-order valence-corrected chi connectivity index (χ2v) is 6.07. The zero-order valence-corrected chi connectivity index (χ0v) is 11.4. The molecular formula is C12H18N2S2. The molecule has 88 valence electrons. The predicted molar refractivity (Wildman–Crippen MR) is 74.5 cm³/mol. The fraction of sp³-hybridized carbons (Fsp3) is 0.500. The number of rotatable bonds is 6. The minimum Gasteiger partial charge on any atom is -0.315 e. The molecule has 0 spiro atoms. The van der Waals surface area contributed by atoms with E-state index in [1.165, 1.54) is 14.3 Å². The van der Waals surface area contributed by atoms with Crippen LogP contribution in [0.25, 0.3) is 9.40 Å². The molecule has 2 rings (SSSR count). The summed E-state index contributed by atoms with van der Waals surface area (Å²) in [7, 11) is 0. The molecular weight excluding hydrogens is 236 g/mol. The fourth-order valence-corrected chi connectivity index (χ4v) is 3.70. The van der Waals surface area contributed by atoms with Crippen molar-refractivity contribution in [3.05, 3.63) is 22.4 Å². The first-order valence-corrected chi connectivity index (χ1v) is 7.39. The van der Waals surface area contributed by atoms with Crippen LogP contribution in [0.2, 0.25) is 0 Å². The Morgan fingerprint density at radius 2 is 2.25 bits per heavy atom. The van der Waals surface area contributed by atoms with Crippen molar-refractivity contribution in [2.45, 2.75) is 26.4 Å². The van der Waals surface area contributed by atoms with E-state index in [0.29, 0.717) is 6.04 Å². The maximum absolute atomic E-state index is 3.54. The average Bonchev–Trinajstić information content (AvgIpc) is 2.83. The highest BCUT2D eigenvalue weighted by molar-refractivity contribution is 7.26. The summed E-state index contributed by atoms with van der Waals surface area (Å²) in [6.45, 7) is 7.42. The van der Waals surface area contributed by atoms with Crippen LogP contribution in [0.4, 0.5) is 0 Å². The van der Waals surface area contributed by atoms with Gasteiger partial charge in [-0.3, -0.25) is 0 Å². The van der Waals surface area contributed by atoms with Crippen LogP contribution < -0.4 is 10.6 Å². The standard InChI is InChI=1S/C12H18N2S2/c1-3-13-7-9(2)14-8-10-6-12-11(16-10)4-5-15-12/h4-6,9,13-14H,3,7-8H2,1-2H3. The fourth-order valence-electron chi connectivity index (χ4n) is 1.61. The predicted octanol–water partition coefficient (Wildman–Crippen LogP) is 3.05. The minimum atomic E-state index is 0.528. The van der Waals surface area contributed by atoms with Crippen LogP contribution in [0, 0.1) is 0 Å². The molecule has 0 aliphatic rings. The highest BCUT2D eigenvalue weighted by Crippen LogP contribution is 2.29. The molecule has 1 unspecified atom stereocenters. The van der Waals surface area contributed by atoms with Crippen LogP contribution in [-0.4, -0.2) is 19.1 Å². The van der Waals surface area contributed by atoms with E-state index in [4.69, 9.17) is 0 Å². The van der Waals surface area contributed by atoms with Crippen molar-refractivity contribution >= 4 is 32.1 Å². The smallest absolute Gasteiger partial charge is 0.0453 e. The third-order valence-electron chi connectivity index (χ3n) is 2.52. The lowest BCUT2D eigenvalue weighted by atomic mass is 10.3. The Balaban J connectivity index is 1.83. The molecule has 0 aromatic carbocycles. The monoisotopic (exact) mass is 254 g/mol. The van der Waals surface area contributed by atoms with Gasteiger partial charge in [-0.05, 0) is 31.0 Å². The zero-order valence-electron chi connectivity index (χ0n) is 9.75. The molecule has 0 amide bonds. The quantitative estimate of drug-likeness (QED) is 0.828. The number of nitrogens with one attached hydrogen (secondary N) is 2. The number of hydrogen-bond donors (Lipinski definition) is 2. The van der Waals surface area contributed by atoms with Crippen LogP contribution >= 0.6 is 22.7 Å². The van der Waals surface area contributed by atoms with Gasteiger partial charge in [-0.2, -0.15) is 0 Å². The Bertz CT molecular complexity index is 404. The number of thiophene rings is 2. The van der Waals surface area contributed by atoms with Gasteiger partial charge in [-0.15, -0.1) is 22.7 Å². The summed E-state index contributed by atoms with van der Waals surface area (Å²) in [5, 5.41) is 9.04. The van der Waals surface area contributed by atoms with Gasteiger partial charge >= 0.3 is 0 Å². The van der Waals surface area contributed by atoms with E-state index in [2.05, 4.69) is 42.0 Å². The summed E-state index contributed by atoms with van der Waals surface area (Å²) < 4.78 is 2.84. The van der Waals surface area contributed by atoms with Crippen LogP contribution in [0.5, 0.6) is 0 Å². The first-order chi connectivity index (χ1) is 7.79. The topological polar surface area (TPSA) is 24.1 Å². The molecule has 2 heterocycles. The van der Waals surface area contributed by atoms with Gasteiger partial charge in [0.05, 0.1) is 0 Å². The van der Waals surface area contributed by atoms with Gasteiger partial charge in [-0.25, -0.2) is 0 Å². The Morgan fingerprint density at radius 1 is 1.38 bits per heavy atom. The molecule has 2 aromatic heterocycles. The second-order valence-electron chi connectivity index (χ2n) is 3.95. The Labute approximate surface area is 105 Å². The lowest BCUT2D eigenvalue weighted by molar-refractivity contribution is 0.511. The van der Waals surface area contributed by atoms with Crippen molar-refractivity contribution in [2.24, 2.45) is 0 Å². The van der Waals surface area contributed by atoms with Gasteiger partial charge < -0.3 is 10.6 Å². The first kappa shape index (κ1) is 12.0. The van der Waals surface area contributed by atoms with E-state index >= 15 is 0 Å². The Hall–Kier alpha value is -0.420. The third kappa shape index (κ3) is 3.04. The van der Waals surface area contributed by atoms with Crippen molar-refractivity contribution < 1.29 is 0 Å². The van der Waals surface area contributed by atoms with E-state index in [1.54, 1.807) is 0 Å². The summed E-state index contributed by atoms with van der Waals surface area (Å²) in [5.74, 6) is 0. The third-order valence-corrected chi connectivity index (χ3v) is 4.61. The number of hydrogen-bond acceptors (Lipinski definition) is 4. The molecule has 2 nitrogen and oxygen atoms in total. The maximum atomic E-state index is 3.54. The molecule has 16 heavy (non-hydrogen) atoms. The van der Waals surface area contributed by atoms with Crippen molar-refractivity contribution in [2.75, 3.05) is 13.1 Å². The van der Waals surface area contributed by atoms with E-state index in [-0.39, 0.29) is 0 Å². The Morgan fingerprint density at radius 3 is 3.00 bits per heavy atom. The maximum Gasteiger partial charge on any atom is 0.0453 e. The molecule has 0 radical (unpaired) electrons. The molecule has 0 saturated carbocycles. The second kappa shape index (κ2) is 5.77. The summed E-state index contributed by atoms with van der Waals surface area (Å²) in [4.78, 5) is 1.44. The molecule has 0 fully saturated rings. The first-order valence-electron chi connectivity index (χ1n) is 5.69. The molecule has 4 heteroatoms.